The van der Waals surface area contributed by atoms with Crippen LogP contribution in [-0.4, -0.2) is 55.5 Å². The van der Waals surface area contributed by atoms with Crippen LogP contribution in [-0.2, 0) is 19.6 Å². The molecule has 2 atom stereocenters. The largest absolute Gasteiger partial charge is 0.451 e. The van der Waals surface area contributed by atoms with Crippen molar-refractivity contribution in [3.63, 3.8) is 0 Å². The van der Waals surface area contributed by atoms with E-state index in [2.05, 4.69) is 10.6 Å². The number of hydrogen-bond acceptors (Lipinski definition) is 7. The summed E-state index contributed by atoms with van der Waals surface area (Å²) in [5.41, 5.74) is 1.13. The molecule has 1 fully saturated rings. The van der Waals surface area contributed by atoms with Crippen LogP contribution in [0.25, 0.3) is 11.0 Å². The highest BCUT2D eigenvalue weighted by Crippen LogP contribution is 2.27. The SMILES string of the molecule is Cc1c(C(=O)NC(CC(C)C)C(=O)N([C@H]2CCCNCC2=O)S(=O)(=O)c2ccc(Cl)cc2)oc2ccccc12. The maximum Gasteiger partial charge on any atom is 0.287 e. The Balaban J connectivity index is 1.75. The van der Waals surface area contributed by atoms with Crippen molar-refractivity contribution < 1.29 is 27.2 Å². The van der Waals surface area contributed by atoms with Gasteiger partial charge in [0.15, 0.2) is 11.5 Å². The van der Waals surface area contributed by atoms with Crippen LogP contribution in [0.15, 0.2) is 57.8 Å². The van der Waals surface area contributed by atoms with Crippen LogP contribution in [0.5, 0.6) is 0 Å². The van der Waals surface area contributed by atoms with E-state index in [4.69, 9.17) is 16.0 Å². The number of carbonyl (C=O) groups is 3. The highest BCUT2D eigenvalue weighted by molar-refractivity contribution is 7.89. The van der Waals surface area contributed by atoms with Crippen molar-refractivity contribution in [2.24, 2.45) is 5.92 Å². The van der Waals surface area contributed by atoms with Crippen molar-refractivity contribution in [2.45, 2.75) is 57.0 Å². The molecule has 1 aliphatic rings. The van der Waals surface area contributed by atoms with E-state index in [-0.39, 0.29) is 36.0 Å². The standard InChI is InChI=1S/C28H32ClN3O6S/c1-17(2)15-22(31-27(34)26-18(3)21-7-4-5-9-25(21)38-26)28(35)32(23-8-6-14-30-16-24(23)33)39(36,37)20-12-10-19(29)11-13-20/h4-5,7,9-13,17,22-23,30H,6,8,14-16H2,1-3H3,(H,31,34)/t22?,23-/m0/s1. The van der Waals surface area contributed by atoms with Gasteiger partial charge in [0, 0.05) is 16.0 Å². The number of sulfonamides is 1. The number of carbonyl (C=O) groups excluding carboxylic acids is 3. The van der Waals surface area contributed by atoms with E-state index >= 15 is 0 Å². The normalized spacial score (nSPS) is 17.2. The Morgan fingerprint density at radius 2 is 1.85 bits per heavy atom. The summed E-state index contributed by atoms with van der Waals surface area (Å²) >= 11 is 5.97. The maximum absolute atomic E-state index is 14.1. The van der Waals surface area contributed by atoms with Gasteiger partial charge in [0.05, 0.1) is 11.4 Å². The van der Waals surface area contributed by atoms with E-state index in [1.54, 1.807) is 19.1 Å². The zero-order valence-corrected chi connectivity index (χ0v) is 23.6. The lowest BCUT2D eigenvalue weighted by molar-refractivity contribution is -0.135. The number of amides is 2. The van der Waals surface area contributed by atoms with Gasteiger partial charge in [-0.3, -0.25) is 14.4 Å². The fraction of sp³-hybridized carbons (Fsp3) is 0.393. The number of hydrogen-bond donors (Lipinski definition) is 2. The molecule has 11 heteroatoms. The summed E-state index contributed by atoms with van der Waals surface area (Å²) in [6, 6.07) is 10.2. The number of para-hydroxylation sites is 1. The smallest absolute Gasteiger partial charge is 0.287 e. The first kappa shape index (κ1) is 28.8. The van der Waals surface area contributed by atoms with E-state index in [9.17, 15) is 22.8 Å². The maximum atomic E-state index is 14.1. The molecule has 2 aromatic carbocycles. The number of furan rings is 1. The molecule has 39 heavy (non-hydrogen) atoms. The van der Waals surface area contributed by atoms with Gasteiger partial charge in [-0.15, -0.1) is 0 Å². The summed E-state index contributed by atoms with van der Waals surface area (Å²) in [7, 11) is -4.47. The molecule has 0 spiro atoms. The first-order chi connectivity index (χ1) is 18.5. The zero-order valence-electron chi connectivity index (χ0n) is 22.1. The molecule has 2 heterocycles. The van der Waals surface area contributed by atoms with Gasteiger partial charge in [-0.2, -0.15) is 0 Å². The molecular formula is C28H32ClN3O6S. The Labute approximate surface area is 232 Å². The quantitative estimate of drug-likeness (QED) is 0.416. The minimum atomic E-state index is -4.47. The molecule has 0 aliphatic carbocycles. The fourth-order valence-electron chi connectivity index (χ4n) is 4.78. The number of fused-ring (bicyclic) bond motifs is 1. The fourth-order valence-corrected chi connectivity index (χ4v) is 6.53. The summed E-state index contributed by atoms with van der Waals surface area (Å²) in [5.74, 6) is -1.97. The molecule has 9 nitrogen and oxygen atoms in total. The lowest BCUT2D eigenvalue weighted by Crippen LogP contribution is -2.56. The van der Waals surface area contributed by atoms with Gasteiger partial charge in [-0.05, 0) is 69.0 Å². The molecule has 1 aliphatic heterocycles. The molecule has 0 saturated carbocycles. The number of ketones is 1. The van der Waals surface area contributed by atoms with Crippen molar-refractivity contribution >= 4 is 50.2 Å². The third-order valence-electron chi connectivity index (χ3n) is 6.73. The van der Waals surface area contributed by atoms with Crippen LogP contribution in [0.4, 0.5) is 0 Å². The van der Waals surface area contributed by atoms with Gasteiger partial charge in [-0.1, -0.05) is 43.6 Å². The van der Waals surface area contributed by atoms with Gasteiger partial charge in [0.25, 0.3) is 21.8 Å². The summed E-state index contributed by atoms with van der Waals surface area (Å²) in [6.07, 6.45) is 0.806. The van der Waals surface area contributed by atoms with Crippen LogP contribution in [0.2, 0.25) is 5.02 Å². The van der Waals surface area contributed by atoms with Gasteiger partial charge in [0.1, 0.15) is 17.7 Å². The molecular weight excluding hydrogens is 542 g/mol. The predicted octanol–water partition coefficient (Wildman–Crippen LogP) is 4.08. The molecule has 0 bridgehead atoms. The molecule has 2 N–H and O–H groups in total. The second-order valence-corrected chi connectivity index (χ2v) is 12.4. The van der Waals surface area contributed by atoms with Crippen LogP contribution in [0.1, 0.15) is 49.2 Å². The van der Waals surface area contributed by atoms with Crippen LogP contribution in [0.3, 0.4) is 0 Å². The monoisotopic (exact) mass is 573 g/mol. The molecule has 0 radical (unpaired) electrons. The van der Waals surface area contributed by atoms with Gasteiger partial charge >= 0.3 is 0 Å². The Hall–Kier alpha value is -3.21. The Bertz CT molecular complexity index is 1480. The number of aryl methyl sites for hydroxylation is 1. The molecule has 3 aromatic rings. The first-order valence-corrected chi connectivity index (χ1v) is 14.7. The predicted molar refractivity (Wildman–Crippen MR) is 148 cm³/mol. The summed E-state index contributed by atoms with van der Waals surface area (Å²) < 4.78 is 34.3. The average Bonchev–Trinajstić information content (AvgIpc) is 3.09. The molecule has 4 rings (SSSR count). The van der Waals surface area contributed by atoms with E-state index in [1.807, 2.05) is 26.0 Å². The lowest BCUT2D eigenvalue weighted by Gasteiger charge is -2.33. The van der Waals surface area contributed by atoms with Crippen LogP contribution < -0.4 is 10.6 Å². The van der Waals surface area contributed by atoms with Crippen molar-refractivity contribution in [2.75, 3.05) is 13.1 Å². The van der Waals surface area contributed by atoms with Gasteiger partial charge in [0.2, 0.25) is 0 Å². The number of halogens is 1. The number of nitrogens with zero attached hydrogens (tertiary/aromatic N) is 1. The lowest BCUT2D eigenvalue weighted by atomic mass is 10.0. The molecule has 1 aromatic heterocycles. The van der Waals surface area contributed by atoms with Gasteiger partial charge in [-0.25, -0.2) is 12.7 Å². The number of Topliss-reactive ketones (excluding diaryl/α,β-unsaturated/α-hetero) is 1. The highest BCUT2D eigenvalue weighted by atomic mass is 35.5. The molecule has 1 unspecified atom stereocenters. The second kappa shape index (κ2) is 11.9. The second-order valence-electron chi connectivity index (χ2n) is 10.1. The minimum Gasteiger partial charge on any atom is -0.451 e. The van der Waals surface area contributed by atoms with Gasteiger partial charge < -0.3 is 15.1 Å². The Morgan fingerprint density at radius 3 is 2.51 bits per heavy atom. The third kappa shape index (κ3) is 6.18. The van der Waals surface area contributed by atoms with Crippen molar-refractivity contribution in [3.8, 4) is 0 Å². The average molecular weight is 574 g/mol. The summed E-state index contributed by atoms with van der Waals surface area (Å²) in [4.78, 5) is 40.4. The Morgan fingerprint density at radius 1 is 1.15 bits per heavy atom. The van der Waals surface area contributed by atoms with E-state index in [1.165, 1.54) is 24.3 Å². The van der Waals surface area contributed by atoms with Crippen LogP contribution in [0, 0.1) is 12.8 Å². The van der Waals surface area contributed by atoms with Crippen molar-refractivity contribution in [1.29, 1.82) is 0 Å². The summed E-state index contributed by atoms with van der Waals surface area (Å²) in [6.45, 7) is 5.91. The van der Waals surface area contributed by atoms with E-state index in [0.29, 0.717) is 33.4 Å². The highest BCUT2D eigenvalue weighted by Gasteiger charge is 2.43. The number of rotatable bonds is 8. The molecule has 2 amide bonds. The van der Waals surface area contributed by atoms with E-state index < -0.39 is 39.7 Å². The molecule has 1 saturated heterocycles. The van der Waals surface area contributed by atoms with Crippen LogP contribution >= 0.6 is 11.6 Å². The number of benzene rings is 2. The zero-order chi connectivity index (χ0) is 28.3. The number of nitrogens with one attached hydrogen (secondary N) is 2. The van der Waals surface area contributed by atoms with E-state index in [0.717, 1.165) is 5.39 Å². The summed E-state index contributed by atoms with van der Waals surface area (Å²) in [5, 5.41) is 6.77. The topological polar surface area (TPSA) is 126 Å². The first-order valence-electron chi connectivity index (χ1n) is 12.9. The minimum absolute atomic E-state index is 0.0413. The molecule has 208 valence electrons. The van der Waals surface area contributed by atoms with Crippen molar-refractivity contribution in [1.82, 2.24) is 14.9 Å². The van der Waals surface area contributed by atoms with Crippen molar-refractivity contribution in [3.05, 3.63) is 64.9 Å². The Kier molecular flexibility index (Phi) is 8.78. The third-order valence-corrected chi connectivity index (χ3v) is 8.81.